The molecule has 2 aliphatic rings. The average Bonchev–Trinajstić information content (AvgIpc) is 2.93. The first-order valence-electron chi connectivity index (χ1n) is 12.3. The van der Waals surface area contributed by atoms with Crippen LogP contribution in [0.25, 0.3) is 4.85 Å². The van der Waals surface area contributed by atoms with Gasteiger partial charge in [-0.05, 0) is 42.8 Å². The quantitative estimate of drug-likeness (QED) is 0.525. The van der Waals surface area contributed by atoms with Crippen LogP contribution < -0.4 is 10.2 Å². The highest BCUT2D eigenvalue weighted by atomic mass is 32.2. The highest BCUT2D eigenvalue weighted by Crippen LogP contribution is 2.43. The van der Waals surface area contributed by atoms with Gasteiger partial charge in [0, 0.05) is 30.7 Å². The van der Waals surface area contributed by atoms with E-state index in [0.29, 0.717) is 0 Å². The molecule has 1 N–H and O–H groups in total. The summed E-state index contributed by atoms with van der Waals surface area (Å²) in [5.74, 6) is -1.14. The van der Waals surface area contributed by atoms with Crippen molar-refractivity contribution in [3.05, 3.63) is 82.0 Å². The van der Waals surface area contributed by atoms with Gasteiger partial charge in [0.05, 0.1) is 41.3 Å². The van der Waals surface area contributed by atoms with E-state index >= 15 is 0 Å². The molecule has 4 amide bonds. The molecule has 15 heteroatoms. The number of benzene rings is 2. The number of carbonyl (C=O) groups excluding carboxylic acids is 3. The van der Waals surface area contributed by atoms with E-state index in [-0.39, 0.29) is 52.7 Å². The Balaban J connectivity index is 1.94. The predicted molar refractivity (Wildman–Crippen MR) is 142 cm³/mol. The van der Waals surface area contributed by atoms with Crippen LogP contribution in [0.4, 0.5) is 23.7 Å². The van der Waals surface area contributed by atoms with Crippen molar-refractivity contribution < 1.29 is 36.0 Å². The van der Waals surface area contributed by atoms with Crippen LogP contribution >= 0.6 is 0 Å². The van der Waals surface area contributed by atoms with Crippen LogP contribution in [0.1, 0.15) is 29.7 Å². The Morgan fingerprint density at radius 3 is 2.52 bits per heavy atom. The van der Waals surface area contributed by atoms with Crippen molar-refractivity contribution >= 4 is 33.4 Å². The number of allylic oxidation sites excluding steroid dienone is 1. The van der Waals surface area contributed by atoms with Crippen LogP contribution in [-0.4, -0.2) is 68.5 Å². The molecule has 1 atom stereocenters. The van der Waals surface area contributed by atoms with Crippen LogP contribution in [0, 0.1) is 17.9 Å². The molecule has 2 heterocycles. The second kappa shape index (κ2) is 11.2. The monoisotopic (exact) mass is 600 g/mol. The first-order valence-corrected chi connectivity index (χ1v) is 14.2. The summed E-state index contributed by atoms with van der Waals surface area (Å²) in [6, 6.07) is 6.87. The number of anilines is 1. The SMILES string of the molecule is [C-]#[N+]C1=C(C)N(c2cccc(C(F)(F)F)c2)C(=O)N(CC(=O)N2CCNC(=O)C2)[C@@H]1c1ccc(C#N)cc1S(C)(=O)=O. The van der Waals surface area contributed by atoms with E-state index in [1.165, 1.54) is 30.0 Å². The summed E-state index contributed by atoms with van der Waals surface area (Å²) in [5, 5.41) is 11.9. The standard InChI is InChI=1S/C27H23F3N6O5S/c1-16-24(32-2)25(20-8-7-17(13-31)11-21(20)42(3,40)41)35(15-23(38)34-10-9-33-22(37)14-34)26(39)36(16)19-6-4-5-18(12-19)27(28,29)30/h4-8,11-12,25H,9-10,14-15H2,1,3H3,(H,33,37)/t25-/m1/s1. The van der Waals surface area contributed by atoms with Gasteiger partial charge in [0.1, 0.15) is 6.54 Å². The van der Waals surface area contributed by atoms with E-state index in [1.807, 2.05) is 6.07 Å². The number of rotatable bonds is 5. The van der Waals surface area contributed by atoms with Crippen molar-refractivity contribution in [3.8, 4) is 6.07 Å². The van der Waals surface area contributed by atoms with Gasteiger partial charge in [-0.15, -0.1) is 0 Å². The Kier molecular flexibility index (Phi) is 8.00. The molecule has 1 fully saturated rings. The van der Waals surface area contributed by atoms with Gasteiger partial charge in [0.15, 0.2) is 9.84 Å². The zero-order valence-corrected chi connectivity index (χ0v) is 23.1. The minimum Gasteiger partial charge on any atom is -0.353 e. The first kappa shape index (κ1) is 30.1. The van der Waals surface area contributed by atoms with Crippen molar-refractivity contribution in [2.24, 2.45) is 0 Å². The molecule has 2 aromatic carbocycles. The number of sulfone groups is 1. The van der Waals surface area contributed by atoms with Crippen LogP contribution in [0.5, 0.6) is 0 Å². The maximum absolute atomic E-state index is 14.1. The molecule has 0 radical (unpaired) electrons. The lowest BCUT2D eigenvalue weighted by Gasteiger charge is -2.42. The Labute approximate surface area is 239 Å². The van der Waals surface area contributed by atoms with Crippen molar-refractivity contribution in [1.82, 2.24) is 15.1 Å². The fourth-order valence-electron chi connectivity index (χ4n) is 4.83. The van der Waals surface area contributed by atoms with Gasteiger partial charge in [0.25, 0.3) is 0 Å². The molecule has 0 aromatic heterocycles. The zero-order chi connectivity index (χ0) is 31.0. The third kappa shape index (κ3) is 5.77. The third-order valence-electron chi connectivity index (χ3n) is 6.80. The topological polar surface area (TPSA) is 135 Å². The van der Waals surface area contributed by atoms with E-state index in [0.717, 1.165) is 40.3 Å². The number of hydrogen-bond acceptors (Lipinski definition) is 6. The molecule has 0 aliphatic carbocycles. The Morgan fingerprint density at radius 2 is 1.93 bits per heavy atom. The minimum absolute atomic E-state index is 0.0149. The average molecular weight is 601 g/mol. The minimum atomic E-state index is -4.74. The van der Waals surface area contributed by atoms with Crippen LogP contribution in [0.2, 0.25) is 0 Å². The molecule has 1 saturated heterocycles. The van der Waals surface area contributed by atoms with Gasteiger partial charge >= 0.3 is 12.2 Å². The van der Waals surface area contributed by atoms with Gasteiger partial charge < -0.3 is 15.1 Å². The molecular formula is C27H23F3N6O5S. The summed E-state index contributed by atoms with van der Waals surface area (Å²) in [6.45, 7) is 8.49. The number of nitriles is 1. The molecule has 4 rings (SSSR count). The zero-order valence-electron chi connectivity index (χ0n) is 22.3. The maximum Gasteiger partial charge on any atom is 0.416 e. The second-order valence-corrected chi connectivity index (χ2v) is 11.6. The number of urea groups is 1. The third-order valence-corrected chi connectivity index (χ3v) is 7.95. The number of hydrogen-bond donors (Lipinski definition) is 1. The van der Waals surface area contributed by atoms with E-state index in [2.05, 4.69) is 10.2 Å². The largest absolute Gasteiger partial charge is 0.416 e. The van der Waals surface area contributed by atoms with Crippen molar-refractivity contribution in [3.63, 3.8) is 0 Å². The van der Waals surface area contributed by atoms with Crippen LogP contribution in [-0.2, 0) is 25.6 Å². The summed E-state index contributed by atoms with van der Waals surface area (Å²) in [6.07, 6.45) is -3.86. The Hall–Kier alpha value is -4.89. The van der Waals surface area contributed by atoms with Gasteiger partial charge in [0.2, 0.25) is 17.5 Å². The molecule has 2 aliphatic heterocycles. The lowest BCUT2D eigenvalue weighted by Crippen LogP contribution is -2.56. The number of alkyl halides is 3. The fourth-order valence-corrected chi connectivity index (χ4v) is 5.78. The lowest BCUT2D eigenvalue weighted by atomic mass is 9.96. The summed E-state index contributed by atoms with van der Waals surface area (Å²) in [4.78, 5) is 45.4. The molecule has 0 unspecified atom stereocenters. The van der Waals surface area contributed by atoms with E-state index < -0.39 is 52.0 Å². The van der Waals surface area contributed by atoms with Crippen molar-refractivity contribution in [1.29, 1.82) is 5.26 Å². The number of amides is 4. The highest BCUT2D eigenvalue weighted by Gasteiger charge is 2.44. The summed E-state index contributed by atoms with van der Waals surface area (Å²) >= 11 is 0. The molecule has 11 nitrogen and oxygen atoms in total. The fraction of sp³-hybridized carbons (Fsp3) is 0.296. The predicted octanol–water partition coefficient (Wildman–Crippen LogP) is 3.07. The molecule has 218 valence electrons. The van der Waals surface area contributed by atoms with E-state index in [9.17, 15) is 41.2 Å². The normalized spacial score (nSPS) is 18.0. The van der Waals surface area contributed by atoms with Gasteiger partial charge in [-0.25, -0.2) is 18.1 Å². The molecule has 0 spiro atoms. The first-order chi connectivity index (χ1) is 19.7. The van der Waals surface area contributed by atoms with Gasteiger partial charge in [-0.1, -0.05) is 12.1 Å². The van der Waals surface area contributed by atoms with Crippen molar-refractivity contribution in [2.75, 3.05) is 37.3 Å². The smallest absolute Gasteiger partial charge is 0.353 e. The lowest BCUT2D eigenvalue weighted by molar-refractivity contribution is -0.138. The summed E-state index contributed by atoms with van der Waals surface area (Å²) in [7, 11) is -4.05. The van der Waals surface area contributed by atoms with Gasteiger partial charge in [-0.3, -0.25) is 14.5 Å². The summed E-state index contributed by atoms with van der Waals surface area (Å²) < 4.78 is 66.2. The maximum atomic E-state index is 14.1. The molecule has 0 bridgehead atoms. The highest BCUT2D eigenvalue weighted by molar-refractivity contribution is 7.90. The number of piperazine rings is 1. The number of halogens is 3. The second-order valence-electron chi connectivity index (χ2n) is 9.58. The number of nitrogens with zero attached hydrogens (tertiary/aromatic N) is 5. The Bertz CT molecular complexity index is 1710. The van der Waals surface area contributed by atoms with E-state index in [1.54, 1.807) is 0 Å². The van der Waals surface area contributed by atoms with Gasteiger partial charge in [-0.2, -0.15) is 18.4 Å². The van der Waals surface area contributed by atoms with Crippen molar-refractivity contribution in [2.45, 2.75) is 24.0 Å². The number of nitrogens with one attached hydrogen (secondary N) is 1. The Morgan fingerprint density at radius 1 is 1.21 bits per heavy atom. The molecular weight excluding hydrogens is 577 g/mol. The molecule has 42 heavy (non-hydrogen) atoms. The molecule has 0 saturated carbocycles. The van der Waals surface area contributed by atoms with Crippen LogP contribution in [0.3, 0.4) is 0 Å². The van der Waals surface area contributed by atoms with Crippen LogP contribution in [0.15, 0.2) is 58.8 Å². The summed E-state index contributed by atoms with van der Waals surface area (Å²) in [5.41, 5.74) is -1.69. The van der Waals surface area contributed by atoms with E-state index in [4.69, 9.17) is 6.57 Å². The number of carbonyl (C=O) groups is 3. The molecule has 2 aromatic rings.